The molecule has 1 aliphatic heterocycles. The number of benzene rings is 1. The van der Waals surface area contributed by atoms with E-state index in [0.29, 0.717) is 29.9 Å². The lowest BCUT2D eigenvalue weighted by Crippen LogP contribution is -2.26. The Hall–Kier alpha value is -4.14. The number of carbonyl (C=O) groups excluding carboxylic acids is 1. The molecule has 224 valence electrons. The fourth-order valence-corrected chi connectivity index (χ4v) is 5.02. The number of anilines is 2. The standard InChI is InChI=1S/C21H26FN7O2.C7H8O3S/c1-4-31-20-16(9-24-21(27-20)28-6-5-14(11-28)8-23-3)19(30)26-15-7-17(22)18-25-13(2)10-29(18)12-15;1-6-2-4-7(5-3-6)11(8,9)10/h7,9-10,12,14,23H,4-6,8,11H2,1-3H3,(H,26,30);2-5H,1H3,(H,8,9,10)/t14-;/m1./s1. The summed E-state index contributed by atoms with van der Waals surface area (Å²) in [6.07, 6.45) is 5.81. The molecular weight excluding hydrogens is 565 g/mol. The third-order valence-electron chi connectivity index (χ3n) is 6.53. The van der Waals surface area contributed by atoms with Crippen molar-refractivity contribution < 1.29 is 26.9 Å². The van der Waals surface area contributed by atoms with Crippen LogP contribution in [0.25, 0.3) is 5.65 Å². The summed E-state index contributed by atoms with van der Waals surface area (Å²) in [5.74, 6) is 0.290. The van der Waals surface area contributed by atoms with Gasteiger partial charge in [0.05, 0.1) is 22.9 Å². The minimum absolute atomic E-state index is 0.0666. The van der Waals surface area contributed by atoms with Crippen molar-refractivity contribution >= 4 is 33.3 Å². The van der Waals surface area contributed by atoms with Gasteiger partial charge in [0.15, 0.2) is 11.5 Å². The lowest BCUT2D eigenvalue weighted by molar-refractivity contribution is 0.102. The molecular formula is C28H34FN7O5S. The summed E-state index contributed by atoms with van der Waals surface area (Å²) in [5, 5.41) is 5.90. The average Bonchev–Trinajstić information content (AvgIpc) is 3.55. The topological polar surface area (TPSA) is 151 Å². The molecule has 1 atom stereocenters. The first-order valence-electron chi connectivity index (χ1n) is 13.4. The van der Waals surface area contributed by atoms with Crippen LogP contribution in [0.3, 0.4) is 0 Å². The van der Waals surface area contributed by atoms with Crippen LogP contribution < -0.4 is 20.3 Å². The van der Waals surface area contributed by atoms with E-state index in [1.165, 1.54) is 28.8 Å². The number of ether oxygens (including phenoxy) is 1. The van der Waals surface area contributed by atoms with Crippen LogP contribution in [-0.4, -0.2) is 71.5 Å². The number of nitrogens with one attached hydrogen (secondary N) is 2. The van der Waals surface area contributed by atoms with Gasteiger partial charge in [0.2, 0.25) is 11.8 Å². The van der Waals surface area contributed by atoms with Gasteiger partial charge in [-0.05, 0) is 58.8 Å². The number of fused-ring (bicyclic) bond motifs is 1. The number of aromatic nitrogens is 4. The van der Waals surface area contributed by atoms with Crippen molar-refractivity contribution in [2.24, 2.45) is 5.92 Å². The number of rotatable bonds is 8. The zero-order chi connectivity index (χ0) is 30.4. The minimum atomic E-state index is -4.02. The Balaban J connectivity index is 0.000000310. The molecule has 42 heavy (non-hydrogen) atoms. The molecule has 4 heterocycles. The molecule has 14 heteroatoms. The second-order valence-corrected chi connectivity index (χ2v) is 11.3. The van der Waals surface area contributed by atoms with Crippen molar-refractivity contribution in [3.63, 3.8) is 0 Å². The smallest absolute Gasteiger partial charge is 0.294 e. The molecule has 1 aliphatic rings. The number of nitrogens with zero attached hydrogens (tertiary/aromatic N) is 5. The number of imidazole rings is 1. The maximum atomic E-state index is 14.3. The highest BCUT2D eigenvalue weighted by atomic mass is 32.2. The van der Waals surface area contributed by atoms with Gasteiger partial charge in [-0.1, -0.05) is 17.7 Å². The Kier molecular flexibility index (Phi) is 9.70. The van der Waals surface area contributed by atoms with Crippen molar-refractivity contribution in [2.75, 3.05) is 43.5 Å². The number of halogens is 1. The summed E-state index contributed by atoms with van der Waals surface area (Å²) >= 11 is 0. The first-order valence-corrected chi connectivity index (χ1v) is 14.8. The van der Waals surface area contributed by atoms with Crippen LogP contribution in [0, 0.1) is 25.6 Å². The van der Waals surface area contributed by atoms with Crippen LogP contribution in [0.2, 0.25) is 0 Å². The molecule has 0 radical (unpaired) electrons. The number of pyridine rings is 1. The van der Waals surface area contributed by atoms with E-state index < -0.39 is 21.8 Å². The molecule has 0 saturated carbocycles. The molecule has 1 fully saturated rings. The molecule has 5 rings (SSSR count). The van der Waals surface area contributed by atoms with E-state index in [9.17, 15) is 17.6 Å². The van der Waals surface area contributed by atoms with Gasteiger partial charge in [-0.2, -0.15) is 13.4 Å². The highest BCUT2D eigenvalue weighted by Crippen LogP contribution is 2.25. The second kappa shape index (κ2) is 13.2. The van der Waals surface area contributed by atoms with Crippen LogP contribution >= 0.6 is 0 Å². The van der Waals surface area contributed by atoms with E-state index in [1.54, 1.807) is 31.5 Å². The van der Waals surface area contributed by atoms with E-state index in [-0.39, 0.29) is 22.0 Å². The number of amides is 1. The molecule has 4 aromatic rings. The monoisotopic (exact) mass is 599 g/mol. The largest absolute Gasteiger partial charge is 0.477 e. The van der Waals surface area contributed by atoms with Crippen molar-refractivity contribution in [3.05, 3.63) is 71.6 Å². The maximum Gasteiger partial charge on any atom is 0.294 e. The highest BCUT2D eigenvalue weighted by molar-refractivity contribution is 7.85. The normalized spacial score (nSPS) is 14.9. The van der Waals surface area contributed by atoms with Crippen LogP contribution in [-0.2, 0) is 10.1 Å². The summed E-state index contributed by atoms with van der Waals surface area (Å²) in [6.45, 7) is 8.44. The van der Waals surface area contributed by atoms with Gasteiger partial charge >= 0.3 is 0 Å². The van der Waals surface area contributed by atoms with E-state index in [0.717, 1.165) is 31.6 Å². The predicted octanol–water partition coefficient (Wildman–Crippen LogP) is 3.51. The van der Waals surface area contributed by atoms with E-state index in [4.69, 9.17) is 9.29 Å². The number of hydrogen-bond donors (Lipinski definition) is 3. The van der Waals surface area contributed by atoms with E-state index >= 15 is 0 Å². The zero-order valence-electron chi connectivity index (χ0n) is 23.8. The number of carbonyl (C=O) groups is 1. The van der Waals surface area contributed by atoms with Crippen LogP contribution in [0.5, 0.6) is 5.88 Å². The third kappa shape index (κ3) is 7.57. The van der Waals surface area contributed by atoms with Crippen LogP contribution in [0.4, 0.5) is 16.0 Å². The van der Waals surface area contributed by atoms with Crippen molar-refractivity contribution in [1.82, 2.24) is 24.7 Å². The predicted molar refractivity (Wildman–Crippen MR) is 156 cm³/mol. The van der Waals surface area contributed by atoms with Gasteiger partial charge < -0.3 is 24.7 Å². The molecule has 12 nitrogen and oxygen atoms in total. The lowest BCUT2D eigenvalue weighted by Gasteiger charge is -2.18. The van der Waals surface area contributed by atoms with Gasteiger partial charge in [0, 0.05) is 37.7 Å². The number of aryl methyl sites for hydroxylation is 2. The van der Waals surface area contributed by atoms with Gasteiger partial charge in [-0.15, -0.1) is 0 Å². The summed E-state index contributed by atoms with van der Waals surface area (Å²) in [6, 6.07) is 7.23. The van der Waals surface area contributed by atoms with Crippen molar-refractivity contribution in [3.8, 4) is 5.88 Å². The second-order valence-electron chi connectivity index (χ2n) is 9.91. The first-order chi connectivity index (χ1) is 20.0. The SMILES string of the molecule is CCOc1nc(N2CC[C@H](CNC)C2)ncc1C(=O)Nc1cc(F)c2nc(C)cn2c1.Cc1ccc(S(=O)(=O)O)cc1. The molecule has 0 bridgehead atoms. The van der Waals surface area contributed by atoms with Crippen molar-refractivity contribution in [2.45, 2.75) is 32.1 Å². The Bertz CT molecular complexity index is 1660. The first kappa shape index (κ1) is 30.8. The maximum absolute atomic E-state index is 14.3. The van der Waals surface area contributed by atoms with Gasteiger partial charge in [0.1, 0.15) is 5.56 Å². The summed E-state index contributed by atoms with van der Waals surface area (Å²) in [7, 11) is -2.08. The molecule has 0 unspecified atom stereocenters. The van der Waals surface area contributed by atoms with Crippen LogP contribution in [0.1, 0.15) is 35.0 Å². The minimum Gasteiger partial charge on any atom is -0.477 e. The number of hydrogen-bond acceptors (Lipinski definition) is 9. The third-order valence-corrected chi connectivity index (χ3v) is 7.40. The molecule has 0 aliphatic carbocycles. The fraction of sp³-hybridized carbons (Fsp3) is 0.357. The Morgan fingerprint density at radius 2 is 1.93 bits per heavy atom. The molecule has 3 aromatic heterocycles. The average molecular weight is 600 g/mol. The van der Waals surface area contributed by atoms with Gasteiger partial charge in [-0.3, -0.25) is 9.35 Å². The summed E-state index contributed by atoms with van der Waals surface area (Å²) in [4.78, 5) is 27.9. The summed E-state index contributed by atoms with van der Waals surface area (Å²) < 4.78 is 51.1. The Morgan fingerprint density at radius 3 is 2.60 bits per heavy atom. The molecule has 1 aromatic carbocycles. The molecule has 0 spiro atoms. The van der Waals surface area contributed by atoms with Gasteiger partial charge in [-0.25, -0.2) is 14.4 Å². The van der Waals surface area contributed by atoms with E-state index in [2.05, 4.69) is 30.5 Å². The quantitative estimate of drug-likeness (QED) is 0.257. The van der Waals surface area contributed by atoms with E-state index in [1.807, 2.05) is 20.9 Å². The molecule has 3 N–H and O–H groups in total. The molecule has 1 amide bonds. The lowest BCUT2D eigenvalue weighted by atomic mass is 10.1. The highest BCUT2D eigenvalue weighted by Gasteiger charge is 2.26. The Labute approximate surface area is 243 Å². The zero-order valence-corrected chi connectivity index (χ0v) is 24.7. The molecule has 1 saturated heterocycles. The Morgan fingerprint density at radius 1 is 1.19 bits per heavy atom. The van der Waals surface area contributed by atoms with Gasteiger partial charge in [0.25, 0.3) is 16.0 Å². The van der Waals surface area contributed by atoms with Crippen molar-refractivity contribution in [1.29, 1.82) is 0 Å². The fourth-order valence-electron chi connectivity index (χ4n) is 4.54. The van der Waals surface area contributed by atoms with Crippen LogP contribution in [0.15, 0.2) is 53.8 Å². The summed E-state index contributed by atoms with van der Waals surface area (Å²) in [5.41, 5.74) is 2.34.